The topological polar surface area (TPSA) is 97.4 Å². The highest BCUT2D eigenvalue weighted by atomic mass is 32.2. The quantitative estimate of drug-likeness (QED) is 0.367. The summed E-state index contributed by atoms with van der Waals surface area (Å²) in [4.78, 5) is 25.3. The van der Waals surface area contributed by atoms with Gasteiger partial charge >= 0.3 is 5.97 Å². The van der Waals surface area contributed by atoms with Gasteiger partial charge in [0.1, 0.15) is 11.4 Å². The summed E-state index contributed by atoms with van der Waals surface area (Å²) in [7, 11) is 0. The Hall–Kier alpha value is -1.74. The van der Waals surface area contributed by atoms with E-state index < -0.39 is 5.97 Å². The lowest BCUT2D eigenvalue weighted by atomic mass is 9.92. The number of amides is 1. The van der Waals surface area contributed by atoms with Crippen LogP contribution in [0.3, 0.4) is 0 Å². The highest BCUT2D eigenvalue weighted by Gasteiger charge is 2.45. The zero-order chi connectivity index (χ0) is 18.4. The molecule has 1 unspecified atom stereocenters. The van der Waals surface area contributed by atoms with Crippen molar-refractivity contribution in [1.29, 1.82) is 0 Å². The van der Waals surface area contributed by atoms with Crippen LogP contribution in [0.2, 0.25) is 0 Å². The van der Waals surface area contributed by atoms with E-state index in [0.29, 0.717) is 39.1 Å². The molecule has 9 heteroatoms. The standard InChI is InChI=1S/C16H19N3O4S2/c1-16(2,3)10-4-5-12(19(23)17-10)24-7-9-8-25-13-6-11(20)18(13)14(9)15(21)22/h4-5,13H,6-8H2,1-3H3,(H,21,22). The molecule has 1 atom stereocenters. The number of aliphatic carboxylic acids is 1. The van der Waals surface area contributed by atoms with Crippen LogP contribution < -0.4 is 4.85 Å². The number of rotatable bonds is 4. The molecular formula is C16H19N3O4S2. The lowest BCUT2D eigenvalue weighted by Gasteiger charge is -2.43. The van der Waals surface area contributed by atoms with Crippen LogP contribution in [0.1, 0.15) is 32.9 Å². The zero-order valence-corrected chi connectivity index (χ0v) is 15.8. The maximum Gasteiger partial charge on any atom is 0.352 e. The summed E-state index contributed by atoms with van der Waals surface area (Å²) < 4.78 is 0. The average Bonchev–Trinajstić information content (AvgIpc) is 2.51. The van der Waals surface area contributed by atoms with E-state index in [9.17, 15) is 19.9 Å². The van der Waals surface area contributed by atoms with E-state index in [1.165, 1.54) is 16.7 Å². The first-order chi connectivity index (χ1) is 11.7. The number of nitrogens with zero attached hydrogens (tertiary/aromatic N) is 3. The van der Waals surface area contributed by atoms with Gasteiger partial charge in [-0.3, -0.25) is 9.69 Å². The molecule has 0 saturated carbocycles. The highest BCUT2D eigenvalue weighted by molar-refractivity contribution is 8.00. The summed E-state index contributed by atoms with van der Waals surface area (Å²) in [5.74, 6) is -0.364. The second kappa shape index (κ2) is 6.53. The molecular weight excluding hydrogens is 362 g/mol. The number of aromatic nitrogens is 2. The predicted octanol–water partition coefficient (Wildman–Crippen LogP) is 1.75. The van der Waals surface area contributed by atoms with Gasteiger partial charge in [-0.25, -0.2) is 4.79 Å². The molecule has 1 aromatic rings. The van der Waals surface area contributed by atoms with Gasteiger partial charge in [-0.2, -0.15) is 0 Å². The second-order valence-corrected chi connectivity index (χ2v) is 9.12. The summed E-state index contributed by atoms with van der Waals surface area (Å²) in [5.41, 5.74) is 1.21. The van der Waals surface area contributed by atoms with Crippen LogP contribution in [0.15, 0.2) is 28.4 Å². The molecule has 25 heavy (non-hydrogen) atoms. The molecule has 1 N–H and O–H groups in total. The predicted molar refractivity (Wildman–Crippen MR) is 95.0 cm³/mol. The Morgan fingerprint density at radius 1 is 1.52 bits per heavy atom. The Labute approximate surface area is 154 Å². The maximum atomic E-state index is 12.1. The van der Waals surface area contributed by atoms with Crippen molar-refractivity contribution in [3.8, 4) is 0 Å². The molecule has 1 amide bonds. The second-order valence-electron chi connectivity index (χ2n) is 6.96. The van der Waals surface area contributed by atoms with Crippen LogP contribution in [0.25, 0.3) is 0 Å². The third-order valence-electron chi connectivity index (χ3n) is 4.07. The third-order valence-corrected chi connectivity index (χ3v) is 6.43. The number of fused-ring (bicyclic) bond motifs is 1. The van der Waals surface area contributed by atoms with Crippen LogP contribution in [-0.4, -0.2) is 43.9 Å². The molecule has 2 aliphatic rings. The summed E-state index contributed by atoms with van der Waals surface area (Å²) in [5, 5.41) is 26.0. The molecule has 1 aromatic heterocycles. The van der Waals surface area contributed by atoms with E-state index in [1.807, 2.05) is 26.8 Å². The van der Waals surface area contributed by atoms with Gasteiger partial charge in [0, 0.05) is 28.1 Å². The Bertz CT molecular complexity index is 773. The monoisotopic (exact) mass is 381 g/mol. The van der Waals surface area contributed by atoms with Crippen molar-refractivity contribution in [2.45, 2.75) is 43.0 Å². The third kappa shape index (κ3) is 3.48. The van der Waals surface area contributed by atoms with Crippen LogP contribution in [0.5, 0.6) is 0 Å². The van der Waals surface area contributed by atoms with Crippen LogP contribution in [0.4, 0.5) is 0 Å². The number of thioether (sulfide) groups is 2. The maximum absolute atomic E-state index is 12.1. The van der Waals surface area contributed by atoms with E-state index in [-0.39, 0.29) is 22.4 Å². The zero-order valence-electron chi connectivity index (χ0n) is 14.2. The molecule has 0 aliphatic carbocycles. The minimum Gasteiger partial charge on any atom is -0.593 e. The van der Waals surface area contributed by atoms with E-state index in [2.05, 4.69) is 5.10 Å². The average molecular weight is 381 g/mol. The fraction of sp³-hybridized carbons (Fsp3) is 0.500. The van der Waals surface area contributed by atoms with Crippen LogP contribution in [-0.2, 0) is 15.0 Å². The smallest absolute Gasteiger partial charge is 0.352 e. The van der Waals surface area contributed by atoms with E-state index in [0.717, 1.165) is 0 Å². The number of hydrogen-bond donors (Lipinski definition) is 1. The first kappa shape index (κ1) is 18.1. The van der Waals surface area contributed by atoms with Gasteiger partial charge in [-0.1, -0.05) is 20.8 Å². The molecule has 7 nitrogen and oxygen atoms in total. The van der Waals surface area contributed by atoms with Crippen LogP contribution in [0, 0.1) is 5.21 Å². The molecule has 1 saturated heterocycles. The number of carbonyl (C=O) groups is 2. The van der Waals surface area contributed by atoms with Crippen molar-refractivity contribution in [3.05, 3.63) is 34.3 Å². The van der Waals surface area contributed by atoms with Crippen molar-refractivity contribution in [3.63, 3.8) is 0 Å². The van der Waals surface area contributed by atoms with Crippen molar-refractivity contribution in [2.75, 3.05) is 11.5 Å². The minimum atomic E-state index is -1.09. The van der Waals surface area contributed by atoms with Crippen LogP contribution >= 0.6 is 23.5 Å². The highest BCUT2D eigenvalue weighted by Crippen LogP contribution is 2.41. The molecule has 0 aromatic carbocycles. The molecule has 0 radical (unpaired) electrons. The van der Waals surface area contributed by atoms with Gasteiger partial charge in [-0.05, 0) is 28.2 Å². The van der Waals surface area contributed by atoms with Crippen molar-refractivity contribution in [2.24, 2.45) is 0 Å². The Kier molecular flexibility index (Phi) is 4.72. The summed E-state index contributed by atoms with van der Waals surface area (Å²) in [6.07, 6.45) is 0.389. The number of β-lactam (4-membered cyclic amide) rings is 1. The normalized spacial score (nSPS) is 20.4. The van der Waals surface area contributed by atoms with E-state index in [1.54, 1.807) is 17.8 Å². The molecule has 0 bridgehead atoms. The molecule has 0 spiro atoms. The number of carboxylic acids is 1. The Balaban J connectivity index is 1.79. The van der Waals surface area contributed by atoms with Gasteiger partial charge in [0.25, 0.3) is 5.03 Å². The van der Waals surface area contributed by atoms with E-state index in [4.69, 9.17) is 0 Å². The molecule has 2 aliphatic heterocycles. The van der Waals surface area contributed by atoms with Crippen molar-refractivity contribution < 1.29 is 19.5 Å². The van der Waals surface area contributed by atoms with Crippen molar-refractivity contribution >= 4 is 35.4 Å². The molecule has 3 heterocycles. The van der Waals surface area contributed by atoms with Gasteiger partial charge in [-0.15, -0.1) is 11.8 Å². The lowest BCUT2D eigenvalue weighted by Crippen LogP contribution is -2.54. The first-order valence-corrected chi connectivity index (χ1v) is 9.85. The Morgan fingerprint density at radius 3 is 2.80 bits per heavy atom. The molecule has 134 valence electrons. The molecule has 1 fully saturated rings. The number of carboxylic acid groups (broad SMARTS) is 1. The fourth-order valence-corrected chi connectivity index (χ4v) is 4.92. The number of carbonyl (C=O) groups excluding carboxylic acids is 1. The summed E-state index contributed by atoms with van der Waals surface area (Å²) in [6, 6.07) is 3.52. The first-order valence-electron chi connectivity index (χ1n) is 7.81. The van der Waals surface area contributed by atoms with Gasteiger partial charge in [0.05, 0.1) is 11.8 Å². The van der Waals surface area contributed by atoms with Crippen molar-refractivity contribution in [1.82, 2.24) is 10.00 Å². The minimum absolute atomic E-state index is 0.0652. The van der Waals surface area contributed by atoms with Gasteiger partial charge in [0.2, 0.25) is 5.91 Å². The summed E-state index contributed by atoms with van der Waals surface area (Å²) >= 11 is 2.80. The summed E-state index contributed by atoms with van der Waals surface area (Å²) in [6.45, 7) is 5.93. The van der Waals surface area contributed by atoms with Gasteiger partial charge in [0.15, 0.2) is 0 Å². The van der Waals surface area contributed by atoms with E-state index >= 15 is 0 Å². The SMILES string of the molecule is CC(C)(C)c1ccc(SCC2=C(C(=O)O)N3C(=O)CC3SC2)[n+]([O-])n1. The lowest BCUT2D eigenvalue weighted by molar-refractivity contribution is -0.707. The largest absolute Gasteiger partial charge is 0.593 e. The van der Waals surface area contributed by atoms with Gasteiger partial charge < -0.3 is 10.3 Å². The molecule has 3 rings (SSSR count). The number of hydrogen-bond acceptors (Lipinski definition) is 6. The fourth-order valence-electron chi connectivity index (χ4n) is 2.65. The Morgan fingerprint density at radius 2 is 2.24 bits per heavy atom.